The van der Waals surface area contributed by atoms with E-state index in [-0.39, 0.29) is 24.7 Å². The molecule has 0 N–H and O–H groups in total. The van der Waals surface area contributed by atoms with Crippen molar-refractivity contribution in [3.63, 3.8) is 0 Å². The Balaban J connectivity index is 1.89. The first-order valence-corrected chi connectivity index (χ1v) is 6.38. The molecule has 0 aliphatic rings. The monoisotopic (exact) mass is 292 g/mol. The second-order valence-electron chi connectivity index (χ2n) is 4.32. The van der Waals surface area contributed by atoms with E-state index >= 15 is 0 Å². The predicted octanol–water partition coefficient (Wildman–Crippen LogP) is 3.63. The van der Waals surface area contributed by atoms with Gasteiger partial charge >= 0.3 is 0 Å². The Bertz CT molecular complexity index is 641. The summed E-state index contributed by atoms with van der Waals surface area (Å²) in [5.74, 6) is -1.12. The minimum absolute atomic E-state index is 0.0418. The highest BCUT2D eigenvalue weighted by atomic mass is 19.1. The zero-order chi connectivity index (χ0) is 15.2. The molecule has 5 heteroatoms. The summed E-state index contributed by atoms with van der Waals surface area (Å²) < 4.78 is 36.6. The van der Waals surface area contributed by atoms with Crippen LogP contribution in [0.5, 0.6) is 11.5 Å². The Kier molecular flexibility index (Phi) is 4.87. The van der Waals surface area contributed by atoms with Gasteiger partial charge in [0.2, 0.25) is 0 Å². The summed E-state index contributed by atoms with van der Waals surface area (Å²) in [5.41, 5.74) is 0.477. The fourth-order valence-corrected chi connectivity index (χ4v) is 1.78. The number of ether oxygens (including phenoxy) is 2. The van der Waals surface area contributed by atoms with Crippen LogP contribution >= 0.6 is 0 Å². The van der Waals surface area contributed by atoms with E-state index in [9.17, 15) is 13.6 Å². The molecule has 0 amide bonds. The van der Waals surface area contributed by atoms with Crippen LogP contribution in [0, 0.1) is 11.6 Å². The Hall–Kier alpha value is -2.43. The van der Waals surface area contributed by atoms with Crippen LogP contribution in [-0.4, -0.2) is 19.0 Å². The largest absolute Gasteiger partial charge is 0.489 e. The molecule has 21 heavy (non-hydrogen) atoms. The lowest BCUT2D eigenvalue weighted by molar-refractivity contribution is 0.101. The molecule has 0 saturated carbocycles. The van der Waals surface area contributed by atoms with Crippen molar-refractivity contribution in [2.75, 3.05) is 13.2 Å². The molecule has 2 aromatic rings. The molecule has 2 rings (SSSR count). The molecule has 3 nitrogen and oxygen atoms in total. The highest BCUT2D eigenvalue weighted by Crippen LogP contribution is 2.19. The first-order valence-electron chi connectivity index (χ1n) is 6.38. The van der Waals surface area contributed by atoms with E-state index in [1.807, 2.05) is 0 Å². The summed E-state index contributed by atoms with van der Waals surface area (Å²) in [5, 5.41) is 0. The van der Waals surface area contributed by atoms with E-state index in [2.05, 4.69) is 0 Å². The van der Waals surface area contributed by atoms with Gasteiger partial charge in [0.1, 0.15) is 24.8 Å². The van der Waals surface area contributed by atoms with E-state index in [1.165, 1.54) is 13.0 Å². The molecule has 0 atom stereocenters. The van der Waals surface area contributed by atoms with Gasteiger partial charge in [-0.25, -0.2) is 8.78 Å². The second-order valence-corrected chi connectivity index (χ2v) is 4.32. The van der Waals surface area contributed by atoms with Gasteiger partial charge in [0.05, 0.1) is 5.56 Å². The summed E-state index contributed by atoms with van der Waals surface area (Å²) in [6.07, 6.45) is 0. The quantitative estimate of drug-likeness (QED) is 0.602. The molecule has 2 aromatic carbocycles. The average molecular weight is 292 g/mol. The van der Waals surface area contributed by atoms with Crippen LogP contribution < -0.4 is 9.47 Å². The van der Waals surface area contributed by atoms with Crippen molar-refractivity contribution < 1.29 is 23.0 Å². The van der Waals surface area contributed by atoms with E-state index in [0.29, 0.717) is 11.3 Å². The lowest BCUT2D eigenvalue weighted by Gasteiger charge is -2.11. The first kappa shape index (κ1) is 15.0. The molecular weight excluding hydrogens is 278 g/mol. The van der Waals surface area contributed by atoms with Crippen LogP contribution in [0.3, 0.4) is 0 Å². The number of hydrogen-bond donors (Lipinski definition) is 0. The standard InChI is InChI=1S/C16H14F2O3/c1-11(19)13-4-2-3-5-15(13)20-8-9-21-16-7-6-12(17)10-14(16)18/h2-7,10H,8-9H2,1H3. The number of benzene rings is 2. The highest BCUT2D eigenvalue weighted by molar-refractivity contribution is 5.96. The van der Waals surface area contributed by atoms with Gasteiger partial charge in [-0.2, -0.15) is 0 Å². The number of rotatable bonds is 6. The fourth-order valence-electron chi connectivity index (χ4n) is 1.78. The number of carbonyl (C=O) groups is 1. The fraction of sp³-hybridized carbons (Fsp3) is 0.188. The van der Waals surface area contributed by atoms with Crippen molar-refractivity contribution in [3.8, 4) is 11.5 Å². The van der Waals surface area contributed by atoms with Crippen LogP contribution in [0.2, 0.25) is 0 Å². The highest BCUT2D eigenvalue weighted by Gasteiger charge is 2.08. The molecule has 0 aliphatic carbocycles. The molecule has 0 spiro atoms. The third-order valence-electron chi connectivity index (χ3n) is 2.76. The molecule has 0 heterocycles. The molecule has 0 aliphatic heterocycles. The summed E-state index contributed by atoms with van der Waals surface area (Å²) >= 11 is 0. The summed E-state index contributed by atoms with van der Waals surface area (Å²) in [7, 11) is 0. The maximum atomic E-state index is 13.3. The van der Waals surface area contributed by atoms with Crippen LogP contribution in [0.1, 0.15) is 17.3 Å². The Morgan fingerprint density at radius 3 is 2.33 bits per heavy atom. The first-order chi connectivity index (χ1) is 10.1. The van der Waals surface area contributed by atoms with Crippen molar-refractivity contribution in [2.24, 2.45) is 0 Å². The van der Waals surface area contributed by atoms with Crippen LogP contribution in [0.15, 0.2) is 42.5 Å². The minimum atomic E-state index is -0.765. The normalized spacial score (nSPS) is 10.2. The number of hydrogen-bond acceptors (Lipinski definition) is 3. The lowest BCUT2D eigenvalue weighted by atomic mass is 10.1. The SMILES string of the molecule is CC(=O)c1ccccc1OCCOc1ccc(F)cc1F. The van der Waals surface area contributed by atoms with Crippen molar-refractivity contribution in [1.29, 1.82) is 0 Å². The molecule has 0 fully saturated rings. The van der Waals surface area contributed by atoms with Gasteiger partial charge < -0.3 is 9.47 Å². The van der Waals surface area contributed by atoms with Crippen molar-refractivity contribution in [1.82, 2.24) is 0 Å². The number of halogens is 2. The van der Waals surface area contributed by atoms with Crippen molar-refractivity contribution in [3.05, 3.63) is 59.7 Å². The molecular formula is C16H14F2O3. The Morgan fingerprint density at radius 1 is 1.00 bits per heavy atom. The van der Waals surface area contributed by atoms with Gasteiger partial charge in [0.25, 0.3) is 0 Å². The van der Waals surface area contributed by atoms with E-state index in [0.717, 1.165) is 12.1 Å². The number of Topliss-reactive ketones (excluding diaryl/α,β-unsaturated/α-hetero) is 1. The van der Waals surface area contributed by atoms with Gasteiger partial charge in [0.15, 0.2) is 17.3 Å². The van der Waals surface area contributed by atoms with Gasteiger partial charge in [-0.3, -0.25) is 4.79 Å². The maximum absolute atomic E-state index is 13.3. The number of para-hydroxylation sites is 1. The maximum Gasteiger partial charge on any atom is 0.167 e. The number of ketones is 1. The van der Waals surface area contributed by atoms with Crippen LogP contribution in [0.25, 0.3) is 0 Å². The van der Waals surface area contributed by atoms with Gasteiger partial charge in [-0.1, -0.05) is 12.1 Å². The van der Waals surface area contributed by atoms with Crippen LogP contribution in [0.4, 0.5) is 8.78 Å². The van der Waals surface area contributed by atoms with E-state index in [4.69, 9.17) is 9.47 Å². The smallest absolute Gasteiger partial charge is 0.167 e. The summed E-state index contributed by atoms with van der Waals surface area (Å²) in [6, 6.07) is 9.92. The van der Waals surface area contributed by atoms with E-state index in [1.54, 1.807) is 24.3 Å². The summed E-state index contributed by atoms with van der Waals surface area (Å²) in [6.45, 7) is 1.67. The second kappa shape index (κ2) is 6.83. The Labute approximate surface area is 121 Å². The van der Waals surface area contributed by atoms with E-state index < -0.39 is 11.6 Å². The lowest BCUT2D eigenvalue weighted by Crippen LogP contribution is -2.11. The minimum Gasteiger partial charge on any atom is -0.489 e. The van der Waals surface area contributed by atoms with Gasteiger partial charge in [-0.15, -0.1) is 0 Å². The summed E-state index contributed by atoms with van der Waals surface area (Å²) in [4.78, 5) is 11.4. The molecule has 0 saturated heterocycles. The zero-order valence-corrected chi connectivity index (χ0v) is 11.4. The molecule has 110 valence electrons. The van der Waals surface area contributed by atoms with Crippen molar-refractivity contribution >= 4 is 5.78 Å². The zero-order valence-electron chi connectivity index (χ0n) is 11.4. The van der Waals surface area contributed by atoms with Crippen LogP contribution in [-0.2, 0) is 0 Å². The molecule has 0 unspecified atom stereocenters. The third kappa shape index (κ3) is 4.02. The third-order valence-corrected chi connectivity index (χ3v) is 2.76. The van der Waals surface area contributed by atoms with Gasteiger partial charge in [0, 0.05) is 6.07 Å². The number of carbonyl (C=O) groups excluding carboxylic acids is 1. The Morgan fingerprint density at radius 2 is 1.67 bits per heavy atom. The predicted molar refractivity (Wildman–Crippen MR) is 73.8 cm³/mol. The van der Waals surface area contributed by atoms with Gasteiger partial charge in [-0.05, 0) is 31.2 Å². The molecule has 0 radical (unpaired) electrons. The molecule has 0 bridgehead atoms. The van der Waals surface area contributed by atoms with Crippen molar-refractivity contribution in [2.45, 2.75) is 6.92 Å². The average Bonchev–Trinajstić information content (AvgIpc) is 2.45. The molecule has 0 aromatic heterocycles. The topological polar surface area (TPSA) is 35.5 Å².